The van der Waals surface area contributed by atoms with Gasteiger partial charge < -0.3 is 0 Å². The third-order valence-corrected chi connectivity index (χ3v) is 1.78. The van der Waals surface area contributed by atoms with Crippen LogP contribution in [0, 0.1) is 0 Å². The average Bonchev–Trinajstić information content (AvgIpc) is 1.83. The molecule has 0 aromatic carbocycles. The van der Waals surface area contributed by atoms with Gasteiger partial charge in [-0.05, 0) is 13.5 Å². The topological polar surface area (TPSA) is 20.3 Å². The molecule has 54 valence electrons. The maximum atomic E-state index is 10.4. The highest BCUT2D eigenvalue weighted by atomic mass is 31.0. The van der Waals surface area contributed by atoms with Gasteiger partial charge in [-0.2, -0.15) is 0 Å². The number of carbonyl (C=O) groups excluding carboxylic acids is 1. The molecule has 1 unspecified atom stereocenters. The number of hydrogen-bond donors (Lipinski definition) is 0. The molecular formula is C6H14NOP. The van der Waals surface area contributed by atoms with E-state index in [0.29, 0.717) is 6.42 Å². The molecule has 0 fully saturated rings. The summed E-state index contributed by atoms with van der Waals surface area (Å²) in [7, 11) is 2.58. The second-order valence-corrected chi connectivity index (χ2v) is 2.81. The van der Waals surface area contributed by atoms with E-state index in [1.165, 1.54) is 0 Å². The summed E-state index contributed by atoms with van der Waals surface area (Å²) in [6.45, 7) is 5.52. The Morgan fingerprint density at radius 2 is 2.22 bits per heavy atom. The van der Waals surface area contributed by atoms with Crippen molar-refractivity contribution in [3.8, 4) is 0 Å². The first-order valence-electron chi connectivity index (χ1n) is 3.16. The normalized spacial score (nSPS) is 10.2. The molecule has 0 aromatic heterocycles. The van der Waals surface area contributed by atoms with Crippen LogP contribution in [0.15, 0.2) is 0 Å². The first-order valence-corrected chi connectivity index (χ1v) is 3.67. The van der Waals surface area contributed by atoms with Gasteiger partial charge in [0.2, 0.25) is 0 Å². The molecule has 0 bridgehead atoms. The number of nitrogens with zero attached hydrogens (tertiary/aromatic N) is 1. The van der Waals surface area contributed by atoms with Crippen LogP contribution < -0.4 is 0 Å². The molecule has 0 N–H and O–H groups in total. The van der Waals surface area contributed by atoms with E-state index in [0.717, 1.165) is 13.1 Å². The fraction of sp³-hybridized carbons (Fsp3) is 0.833. The zero-order valence-corrected chi connectivity index (χ0v) is 7.21. The molecule has 0 aliphatic carbocycles. The summed E-state index contributed by atoms with van der Waals surface area (Å²) in [5, 5.41) is 0. The van der Waals surface area contributed by atoms with Gasteiger partial charge in [-0.25, -0.2) is 0 Å². The molecule has 0 rings (SSSR count). The summed E-state index contributed by atoms with van der Waals surface area (Å²) in [5.74, 6) is 0.260. The van der Waals surface area contributed by atoms with E-state index in [-0.39, 0.29) is 5.78 Å². The third kappa shape index (κ3) is 5.94. The van der Waals surface area contributed by atoms with Crippen molar-refractivity contribution in [3.05, 3.63) is 0 Å². The molecule has 0 saturated carbocycles. The monoisotopic (exact) mass is 147 g/mol. The molecule has 0 radical (unpaired) electrons. The van der Waals surface area contributed by atoms with Crippen LogP contribution in [-0.2, 0) is 4.79 Å². The fourth-order valence-electron chi connectivity index (χ4n) is 0.459. The number of Topliss-reactive ketones (excluding diaryl/α,β-unsaturated/α-hetero) is 1. The van der Waals surface area contributed by atoms with E-state index in [1.807, 2.05) is 4.67 Å². The average molecular weight is 147 g/mol. The molecule has 1 atom stereocenters. The summed E-state index contributed by atoms with van der Waals surface area (Å²) in [5.41, 5.74) is 0. The minimum Gasteiger partial charge on any atom is -0.300 e. The quantitative estimate of drug-likeness (QED) is 0.554. The molecular weight excluding hydrogens is 133 g/mol. The summed E-state index contributed by atoms with van der Waals surface area (Å²) in [6.07, 6.45) is 0.664. The summed E-state index contributed by atoms with van der Waals surface area (Å²) in [4.78, 5) is 10.4. The van der Waals surface area contributed by atoms with Gasteiger partial charge in [-0.1, -0.05) is 16.3 Å². The van der Waals surface area contributed by atoms with E-state index < -0.39 is 0 Å². The highest BCUT2D eigenvalue weighted by molar-refractivity contribution is 7.13. The van der Waals surface area contributed by atoms with E-state index in [9.17, 15) is 4.79 Å². The number of ketones is 1. The lowest BCUT2D eigenvalue weighted by molar-refractivity contribution is -0.117. The Balaban J connectivity index is 3.16. The SMILES string of the molecule is CCN(P)CCC(C)=O. The largest absolute Gasteiger partial charge is 0.300 e. The highest BCUT2D eigenvalue weighted by Crippen LogP contribution is 1.97. The third-order valence-electron chi connectivity index (χ3n) is 1.16. The predicted octanol–water partition coefficient (Wildman–Crippen LogP) is 1.08. The minimum absolute atomic E-state index is 0.260. The number of carbonyl (C=O) groups is 1. The molecule has 0 aliphatic rings. The predicted molar refractivity (Wildman–Crippen MR) is 42.3 cm³/mol. The zero-order valence-electron chi connectivity index (χ0n) is 6.05. The Labute approximate surface area is 58.9 Å². The zero-order chi connectivity index (χ0) is 7.28. The molecule has 0 heterocycles. The maximum absolute atomic E-state index is 10.4. The van der Waals surface area contributed by atoms with Crippen LogP contribution in [0.3, 0.4) is 0 Å². The van der Waals surface area contributed by atoms with Gasteiger partial charge in [0, 0.05) is 13.0 Å². The lowest BCUT2D eigenvalue weighted by atomic mass is 10.3. The van der Waals surface area contributed by atoms with E-state index in [4.69, 9.17) is 0 Å². The second kappa shape index (κ2) is 4.89. The van der Waals surface area contributed by atoms with Crippen molar-refractivity contribution in [1.29, 1.82) is 0 Å². The Hall–Kier alpha value is 0.0600. The Kier molecular flexibility index (Phi) is 4.93. The van der Waals surface area contributed by atoms with Crippen LogP contribution >= 0.6 is 9.39 Å². The molecule has 2 nitrogen and oxygen atoms in total. The first-order chi connectivity index (χ1) is 4.16. The second-order valence-electron chi connectivity index (χ2n) is 2.08. The molecule has 0 amide bonds. The Morgan fingerprint density at radius 3 is 2.56 bits per heavy atom. The van der Waals surface area contributed by atoms with Crippen molar-refractivity contribution in [3.63, 3.8) is 0 Å². The van der Waals surface area contributed by atoms with Crippen molar-refractivity contribution in [2.24, 2.45) is 0 Å². The van der Waals surface area contributed by atoms with Gasteiger partial charge >= 0.3 is 0 Å². The maximum Gasteiger partial charge on any atom is 0.131 e. The van der Waals surface area contributed by atoms with Crippen molar-refractivity contribution in [2.45, 2.75) is 20.3 Å². The molecule has 0 aromatic rings. The van der Waals surface area contributed by atoms with Crippen molar-refractivity contribution >= 4 is 15.2 Å². The van der Waals surface area contributed by atoms with Gasteiger partial charge in [0.05, 0.1) is 0 Å². The highest BCUT2D eigenvalue weighted by Gasteiger charge is 1.95. The van der Waals surface area contributed by atoms with Crippen molar-refractivity contribution < 1.29 is 4.79 Å². The molecule has 0 spiro atoms. The lowest BCUT2D eigenvalue weighted by Gasteiger charge is -2.10. The summed E-state index contributed by atoms with van der Waals surface area (Å²) >= 11 is 0. The first kappa shape index (κ1) is 9.06. The van der Waals surface area contributed by atoms with E-state index in [1.54, 1.807) is 6.92 Å². The fourth-order valence-corrected chi connectivity index (χ4v) is 0.588. The van der Waals surface area contributed by atoms with Crippen molar-refractivity contribution in [2.75, 3.05) is 13.1 Å². The Bertz CT molecular complexity index is 95.1. The van der Waals surface area contributed by atoms with Crippen LogP contribution in [0.4, 0.5) is 0 Å². The number of hydrogen-bond acceptors (Lipinski definition) is 2. The van der Waals surface area contributed by atoms with Gasteiger partial charge in [0.15, 0.2) is 0 Å². The van der Waals surface area contributed by atoms with Gasteiger partial charge in [-0.3, -0.25) is 9.46 Å². The van der Waals surface area contributed by atoms with Crippen LogP contribution in [0.2, 0.25) is 0 Å². The summed E-state index contributed by atoms with van der Waals surface area (Å²) < 4.78 is 2.04. The lowest BCUT2D eigenvalue weighted by Crippen LogP contribution is -2.13. The van der Waals surface area contributed by atoms with Gasteiger partial charge in [-0.15, -0.1) is 0 Å². The van der Waals surface area contributed by atoms with Gasteiger partial charge in [0.25, 0.3) is 0 Å². The molecule has 0 aliphatic heterocycles. The minimum atomic E-state index is 0.260. The molecule has 3 heteroatoms. The van der Waals surface area contributed by atoms with E-state index in [2.05, 4.69) is 16.3 Å². The Morgan fingerprint density at radius 1 is 1.67 bits per heavy atom. The van der Waals surface area contributed by atoms with Crippen LogP contribution in [0.1, 0.15) is 20.3 Å². The van der Waals surface area contributed by atoms with Crippen LogP contribution in [0.25, 0.3) is 0 Å². The van der Waals surface area contributed by atoms with Crippen LogP contribution in [-0.4, -0.2) is 23.5 Å². The molecule has 9 heavy (non-hydrogen) atoms. The number of rotatable bonds is 4. The van der Waals surface area contributed by atoms with Crippen LogP contribution in [0.5, 0.6) is 0 Å². The standard InChI is InChI=1S/C6H14NOP/c1-3-7(9)5-4-6(2)8/h3-5,9H2,1-2H3. The smallest absolute Gasteiger partial charge is 0.131 e. The summed E-state index contributed by atoms with van der Waals surface area (Å²) in [6, 6.07) is 0. The van der Waals surface area contributed by atoms with E-state index >= 15 is 0 Å². The van der Waals surface area contributed by atoms with Gasteiger partial charge in [0.1, 0.15) is 5.78 Å². The molecule has 0 saturated heterocycles. The van der Waals surface area contributed by atoms with Crippen molar-refractivity contribution in [1.82, 2.24) is 4.67 Å².